The molecule has 0 aromatic heterocycles. The molecule has 0 saturated heterocycles. The van der Waals surface area contributed by atoms with Gasteiger partial charge in [-0.15, -0.1) is 23.3 Å². The van der Waals surface area contributed by atoms with E-state index in [1.165, 1.54) is 0 Å². The molecule has 82 valence electrons. The average Bonchev–Trinajstić information content (AvgIpc) is 2.07. The third kappa shape index (κ3) is 8.98. The number of hydrogen-bond acceptors (Lipinski definition) is 3. The van der Waals surface area contributed by atoms with Crippen molar-refractivity contribution in [3.8, 4) is 0 Å². The highest BCUT2D eigenvalue weighted by atomic mass is 33.1. The lowest BCUT2D eigenvalue weighted by molar-refractivity contribution is -0.124. The van der Waals surface area contributed by atoms with Gasteiger partial charge in [0.1, 0.15) is 0 Å². The number of hydrogen-bond donors (Lipinski definition) is 2. The second-order valence-corrected chi connectivity index (χ2v) is 4.33. The minimum atomic E-state index is 0.0273. The van der Waals surface area contributed by atoms with Crippen LogP contribution in [-0.2, 0) is 4.74 Å². The highest BCUT2D eigenvalue weighted by Gasteiger charge is 2.25. The summed E-state index contributed by atoms with van der Waals surface area (Å²) in [5.41, 5.74) is 0.0546. The highest BCUT2D eigenvalue weighted by molar-refractivity contribution is 8.59. The summed E-state index contributed by atoms with van der Waals surface area (Å²) in [4.78, 5) is 0. The molecule has 0 N–H and O–H groups in total. The summed E-state index contributed by atoms with van der Waals surface area (Å²) in [7, 11) is 0. The minimum absolute atomic E-state index is 0.0273. The first-order valence-corrected chi connectivity index (χ1v) is 6.33. The summed E-state index contributed by atoms with van der Waals surface area (Å²) in [6.07, 6.45) is 2.13. The SMILES string of the molecule is CCC(C)(C)OC(C)(C)CC.SS. The third-order valence-electron chi connectivity index (χ3n) is 2.26. The molecule has 0 amide bonds. The van der Waals surface area contributed by atoms with E-state index in [2.05, 4.69) is 64.9 Å². The topological polar surface area (TPSA) is 9.23 Å². The van der Waals surface area contributed by atoms with Gasteiger partial charge in [0.25, 0.3) is 0 Å². The van der Waals surface area contributed by atoms with E-state index in [0.717, 1.165) is 12.8 Å². The van der Waals surface area contributed by atoms with Crippen molar-refractivity contribution in [1.82, 2.24) is 0 Å². The molecule has 0 aromatic rings. The monoisotopic (exact) mass is 224 g/mol. The van der Waals surface area contributed by atoms with Crippen molar-refractivity contribution in [2.45, 2.75) is 65.6 Å². The Bertz CT molecular complexity index is 108. The standard InChI is InChI=1S/C10H22O.H2S2/c1-7-9(3,4)11-10(5,6)8-2;1-2/h7-8H2,1-6H3;1-2H. The van der Waals surface area contributed by atoms with Crippen molar-refractivity contribution < 1.29 is 4.74 Å². The van der Waals surface area contributed by atoms with E-state index in [1.807, 2.05) is 0 Å². The fraction of sp³-hybridized carbons (Fsp3) is 1.00. The summed E-state index contributed by atoms with van der Waals surface area (Å²) in [5.74, 6) is 0. The summed E-state index contributed by atoms with van der Waals surface area (Å²) in [5, 5.41) is 0. The molecule has 0 aliphatic heterocycles. The number of thiol groups is 2. The van der Waals surface area contributed by atoms with Crippen LogP contribution in [0.2, 0.25) is 0 Å². The molecule has 0 rings (SSSR count). The molecule has 3 heteroatoms. The molecule has 0 atom stereocenters. The lowest BCUT2D eigenvalue weighted by Gasteiger charge is -2.34. The first-order chi connectivity index (χ1) is 5.83. The van der Waals surface area contributed by atoms with Crippen LogP contribution in [0.15, 0.2) is 0 Å². The van der Waals surface area contributed by atoms with E-state index in [1.54, 1.807) is 0 Å². The molecule has 0 unspecified atom stereocenters. The molecule has 13 heavy (non-hydrogen) atoms. The third-order valence-corrected chi connectivity index (χ3v) is 2.26. The Hall–Kier alpha value is 0.660. The van der Waals surface area contributed by atoms with Crippen LogP contribution in [0.25, 0.3) is 0 Å². The van der Waals surface area contributed by atoms with E-state index >= 15 is 0 Å². The summed E-state index contributed by atoms with van der Waals surface area (Å²) in [6, 6.07) is 0. The van der Waals surface area contributed by atoms with Gasteiger partial charge in [0.2, 0.25) is 0 Å². The molecule has 0 heterocycles. The Balaban J connectivity index is 0. The molecule has 0 fully saturated rings. The maximum Gasteiger partial charge on any atom is 0.0631 e. The normalized spacial score (nSPS) is 12.0. The molecular formula is C10H24OS2. The molecule has 0 aliphatic rings. The van der Waals surface area contributed by atoms with Gasteiger partial charge in [-0.3, -0.25) is 0 Å². The maximum atomic E-state index is 5.92. The van der Waals surface area contributed by atoms with Crippen LogP contribution in [0.1, 0.15) is 54.4 Å². The van der Waals surface area contributed by atoms with Gasteiger partial charge in [-0.25, -0.2) is 0 Å². The predicted molar refractivity (Wildman–Crippen MR) is 67.8 cm³/mol. The molecule has 0 saturated carbocycles. The zero-order valence-corrected chi connectivity index (χ0v) is 11.5. The average molecular weight is 224 g/mol. The van der Waals surface area contributed by atoms with E-state index in [4.69, 9.17) is 4.74 Å². The van der Waals surface area contributed by atoms with E-state index < -0.39 is 0 Å². The van der Waals surface area contributed by atoms with Gasteiger partial charge in [-0.1, -0.05) is 13.8 Å². The van der Waals surface area contributed by atoms with Crippen LogP contribution in [-0.4, -0.2) is 11.2 Å². The van der Waals surface area contributed by atoms with Crippen molar-refractivity contribution in [2.75, 3.05) is 0 Å². The number of ether oxygens (including phenoxy) is 1. The van der Waals surface area contributed by atoms with Crippen LogP contribution in [0.4, 0.5) is 0 Å². The van der Waals surface area contributed by atoms with E-state index in [-0.39, 0.29) is 11.2 Å². The zero-order chi connectivity index (χ0) is 11.1. The lowest BCUT2D eigenvalue weighted by atomic mass is 10.0. The summed E-state index contributed by atoms with van der Waals surface area (Å²) < 4.78 is 5.92. The summed E-state index contributed by atoms with van der Waals surface area (Å²) in [6.45, 7) is 12.9. The Labute approximate surface area is 93.9 Å². The van der Waals surface area contributed by atoms with E-state index in [9.17, 15) is 0 Å². The smallest absolute Gasteiger partial charge is 0.0631 e. The Morgan fingerprint density at radius 2 is 1.08 bits per heavy atom. The largest absolute Gasteiger partial charge is 0.370 e. The highest BCUT2D eigenvalue weighted by Crippen LogP contribution is 2.24. The van der Waals surface area contributed by atoms with Gasteiger partial charge in [-0.2, -0.15) is 0 Å². The first kappa shape index (κ1) is 16.1. The quantitative estimate of drug-likeness (QED) is 0.539. The van der Waals surface area contributed by atoms with Crippen molar-refractivity contribution >= 4 is 23.3 Å². The summed E-state index contributed by atoms with van der Waals surface area (Å²) >= 11 is 6.44. The lowest BCUT2D eigenvalue weighted by Crippen LogP contribution is -2.35. The minimum Gasteiger partial charge on any atom is -0.370 e. The van der Waals surface area contributed by atoms with Gasteiger partial charge < -0.3 is 4.74 Å². The second kappa shape index (κ2) is 7.02. The predicted octanol–water partition coefficient (Wildman–Crippen LogP) is 4.14. The molecule has 0 bridgehead atoms. The van der Waals surface area contributed by atoms with Crippen molar-refractivity contribution in [3.05, 3.63) is 0 Å². The van der Waals surface area contributed by atoms with Crippen LogP contribution in [0.5, 0.6) is 0 Å². The van der Waals surface area contributed by atoms with Crippen molar-refractivity contribution in [2.24, 2.45) is 0 Å². The van der Waals surface area contributed by atoms with E-state index in [0.29, 0.717) is 0 Å². The molecule has 0 aliphatic carbocycles. The van der Waals surface area contributed by atoms with Crippen LogP contribution < -0.4 is 0 Å². The van der Waals surface area contributed by atoms with Crippen molar-refractivity contribution in [1.29, 1.82) is 0 Å². The van der Waals surface area contributed by atoms with Crippen LogP contribution in [0.3, 0.4) is 0 Å². The maximum absolute atomic E-state index is 5.92. The van der Waals surface area contributed by atoms with Crippen LogP contribution in [0, 0.1) is 0 Å². The van der Waals surface area contributed by atoms with Gasteiger partial charge in [0, 0.05) is 0 Å². The molecule has 0 aromatic carbocycles. The van der Waals surface area contributed by atoms with Gasteiger partial charge in [0.05, 0.1) is 11.2 Å². The van der Waals surface area contributed by atoms with Crippen molar-refractivity contribution in [3.63, 3.8) is 0 Å². The Morgan fingerprint density at radius 1 is 0.846 bits per heavy atom. The Kier molecular flexibility index (Phi) is 8.69. The molecule has 0 spiro atoms. The Morgan fingerprint density at radius 3 is 1.23 bits per heavy atom. The van der Waals surface area contributed by atoms with Gasteiger partial charge >= 0.3 is 0 Å². The zero-order valence-electron chi connectivity index (χ0n) is 9.72. The van der Waals surface area contributed by atoms with Gasteiger partial charge in [0.15, 0.2) is 0 Å². The first-order valence-electron chi connectivity index (χ1n) is 4.73. The molecular weight excluding hydrogens is 200 g/mol. The number of rotatable bonds is 4. The molecule has 1 nitrogen and oxygen atoms in total. The van der Waals surface area contributed by atoms with Gasteiger partial charge in [-0.05, 0) is 40.5 Å². The second-order valence-electron chi connectivity index (χ2n) is 4.33. The molecule has 0 radical (unpaired) electrons. The van der Waals surface area contributed by atoms with Crippen LogP contribution >= 0.6 is 23.3 Å². The fourth-order valence-corrected chi connectivity index (χ4v) is 0.892. The fourth-order valence-electron chi connectivity index (χ4n) is 0.892.